The molecule has 1 heterocycles. The van der Waals surface area contributed by atoms with E-state index < -0.39 is 0 Å². The van der Waals surface area contributed by atoms with Crippen molar-refractivity contribution >= 4 is 5.78 Å². The van der Waals surface area contributed by atoms with E-state index in [1.807, 2.05) is 0 Å². The molecular formula is C5H7NO2. The first-order valence-corrected chi connectivity index (χ1v) is 2.43. The van der Waals surface area contributed by atoms with Crippen molar-refractivity contribution in [3.63, 3.8) is 0 Å². The molecular weight excluding hydrogens is 106 g/mol. The first kappa shape index (κ1) is 5.47. The molecule has 0 spiro atoms. The molecule has 0 unspecified atom stereocenters. The average Bonchev–Trinajstić information content (AvgIpc) is 1.94. The molecule has 1 rings (SSSR count). The Kier molecular flexibility index (Phi) is 1.77. The summed E-state index contributed by atoms with van der Waals surface area (Å²) in [6.07, 6.45) is 3.25. The predicted molar refractivity (Wildman–Crippen MR) is 28.1 cm³/mol. The molecule has 0 fully saturated rings. The third-order valence-corrected chi connectivity index (χ3v) is 0.821. The molecule has 44 valence electrons. The lowest BCUT2D eigenvalue weighted by Crippen LogP contribution is -2.15. The maximum atomic E-state index is 10.4. The van der Waals surface area contributed by atoms with Crippen molar-refractivity contribution in [2.75, 3.05) is 13.2 Å². The number of carbonyl (C=O) groups is 1. The topological polar surface area (TPSA) is 38.3 Å². The molecule has 8 heavy (non-hydrogen) atoms. The molecule has 0 aromatic rings. The van der Waals surface area contributed by atoms with Crippen molar-refractivity contribution in [3.05, 3.63) is 12.2 Å². The molecule has 0 radical (unpaired) electrons. The number of carbonyl (C=O) groups excluding carboxylic acids is 1. The lowest BCUT2D eigenvalue weighted by Gasteiger charge is -1.93. The fraction of sp³-hybridized carbons (Fsp3) is 0.400. The fourth-order valence-corrected chi connectivity index (χ4v) is 0.468. The molecule has 0 aromatic carbocycles. The molecule has 0 atom stereocenters. The Morgan fingerprint density at radius 1 is 1.75 bits per heavy atom. The predicted octanol–water partition coefficient (Wildman–Crippen LogP) is -0.354. The van der Waals surface area contributed by atoms with Crippen LogP contribution in [0.4, 0.5) is 0 Å². The number of hydrogen-bond acceptors (Lipinski definition) is 3. The highest BCUT2D eigenvalue weighted by molar-refractivity contribution is 5.90. The van der Waals surface area contributed by atoms with E-state index in [0.717, 1.165) is 0 Å². The van der Waals surface area contributed by atoms with Crippen LogP contribution in [-0.2, 0) is 9.63 Å². The van der Waals surface area contributed by atoms with Crippen molar-refractivity contribution in [1.82, 2.24) is 5.48 Å². The summed E-state index contributed by atoms with van der Waals surface area (Å²) in [6, 6.07) is 0. The van der Waals surface area contributed by atoms with Gasteiger partial charge < -0.3 is 0 Å². The molecule has 3 heteroatoms. The lowest BCUT2D eigenvalue weighted by atomic mass is 10.4. The summed E-state index contributed by atoms with van der Waals surface area (Å²) in [5.74, 6) is 0.00926. The Morgan fingerprint density at radius 3 is 3.50 bits per heavy atom. The van der Waals surface area contributed by atoms with E-state index in [-0.39, 0.29) is 12.4 Å². The van der Waals surface area contributed by atoms with Gasteiger partial charge in [-0.3, -0.25) is 9.63 Å². The SMILES string of the molecule is O=C1C=CCNOC1. The van der Waals surface area contributed by atoms with Gasteiger partial charge in [-0.1, -0.05) is 6.08 Å². The zero-order chi connectivity index (χ0) is 5.82. The van der Waals surface area contributed by atoms with E-state index in [9.17, 15) is 4.79 Å². The maximum Gasteiger partial charge on any atom is 0.183 e. The van der Waals surface area contributed by atoms with Crippen LogP contribution in [0.5, 0.6) is 0 Å². The highest BCUT2D eigenvalue weighted by atomic mass is 16.6. The minimum Gasteiger partial charge on any atom is -0.293 e. The summed E-state index contributed by atoms with van der Waals surface area (Å²) in [6.45, 7) is 0.766. The monoisotopic (exact) mass is 113 g/mol. The summed E-state index contributed by atoms with van der Waals surface area (Å²) in [5, 5.41) is 0. The summed E-state index contributed by atoms with van der Waals surface area (Å²) < 4.78 is 0. The van der Waals surface area contributed by atoms with Gasteiger partial charge in [-0.2, -0.15) is 5.48 Å². The molecule has 1 N–H and O–H groups in total. The van der Waals surface area contributed by atoms with Crippen molar-refractivity contribution in [3.8, 4) is 0 Å². The van der Waals surface area contributed by atoms with Gasteiger partial charge in [-0.15, -0.1) is 0 Å². The van der Waals surface area contributed by atoms with Gasteiger partial charge in [-0.25, -0.2) is 0 Å². The second kappa shape index (κ2) is 2.59. The third kappa shape index (κ3) is 1.44. The first-order chi connectivity index (χ1) is 3.89. The summed E-state index contributed by atoms with van der Waals surface area (Å²) in [4.78, 5) is 15.1. The number of hydrogen-bond donors (Lipinski definition) is 1. The Labute approximate surface area is 47.3 Å². The second-order valence-corrected chi connectivity index (χ2v) is 1.51. The van der Waals surface area contributed by atoms with Gasteiger partial charge in [-0.05, 0) is 6.08 Å². The Hall–Kier alpha value is -0.670. The lowest BCUT2D eigenvalue weighted by molar-refractivity contribution is -0.120. The number of hydroxylamine groups is 1. The van der Waals surface area contributed by atoms with Gasteiger partial charge in [0.2, 0.25) is 0 Å². The third-order valence-electron chi connectivity index (χ3n) is 0.821. The van der Waals surface area contributed by atoms with Crippen LogP contribution in [0.1, 0.15) is 0 Å². The van der Waals surface area contributed by atoms with Crippen molar-refractivity contribution in [2.24, 2.45) is 0 Å². The van der Waals surface area contributed by atoms with Gasteiger partial charge in [0, 0.05) is 6.54 Å². The van der Waals surface area contributed by atoms with E-state index in [0.29, 0.717) is 6.54 Å². The van der Waals surface area contributed by atoms with Crippen LogP contribution in [0, 0.1) is 0 Å². The highest BCUT2D eigenvalue weighted by Gasteiger charge is 1.97. The Balaban J connectivity index is 2.44. The molecule has 0 aromatic heterocycles. The zero-order valence-electron chi connectivity index (χ0n) is 4.39. The van der Waals surface area contributed by atoms with E-state index >= 15 is 0 Å². The average molecular weight is 113 g/mol. The second-order valence-electron chi connectivity index (χ2n) is 1.51. The summed E-state index contributed by atoms with van der Waals surface area (Å²) in [5.41, 5.74) is 2.57. The van der Waals surface area contributed by atoms with E-state index in [4.69, 9.17) is 0 Å². The number of nitrogens with one attached hydrogen (secondary N) is 1. The molecule has 0 bridgehead atoms. The van der Waals surface area contributed by atoms with Gasteiger partial charge in [0.25, 0.3) is 0 Å². The van der Waals surface area contributed by atoms with E-state index in [2.05, 4.69) is 10.3 Å². The zero-order valence-corrected chi connectivity index (χ0v) is 4.39. The normalized spacial score (nSPS) is 20.8. The molecule has 3 nitrogen and oxygen atoms in total. The van der Waals surface area contributed by atoms with Crippen LogP contribution in [0.2, 0.25) is 0 Å². The van der Waals surface area contributed by atoms with Gasteiger partial charge >= 0.3 is 0 Å². The van der Waals surface area contributed by atoms with Crippen molar-refractivity contribution in [1.29, 1.82) is 0 Å². The first-order valence-electron chi connectivity index (χ1n) is 2.43. The van der Waals surface area contributed by atoms with Crippen LogP contribution >= 0.6 is 0 Å². The van der Waals surface area contributed by atoms with Gasteiger partial charge in [0.05, 0.1) is 0 Å². The minimum atomic E-state index is 0.00926. The molecule has 0 amide bonds. The van der Waals surface area contributed by atoms with Crippen LogP contribution < -0.4 is 5.48 Å². The van der Waals surface area contributed by atoms with Crippen LogP contribution in [0.3, 0.4) is 0 Å². The smallest absolute Gasteiger partial charge is 0.183 e. The summed E-state index contributed by atoms with van der Waals surface area (Å²) >= 11 is 0. The molecule has 0 aliphatic carbocycles. The van der Waals surface area contributed by atoms with Crippen molar-refractivity contribution in [2.45, 2.75) is 0 Å². The van der Waals surface area contributed by atoms with Crippen LogP contribution in [0.15, 0.2) is 12.2 Å². The largest absolute Gasteiger partial charge is 0.293 e. The maximum absolute atomic E-state index is 10.4. The summed E-state index contributed by atoms with van der Waals surface area (Å²) in [7, 11) is 0. The van der Waals surface area contributed by atoms with Gasteiger partial charge in [0.15, 0.2) is 5.78 Å². The van der Waals surface area contributed by atoms with Gasteiger partial charge in [0.1, 0.15) is 6.61 Å². The molecule has 0 saturated heterocycles. The molecule has 1 aliphatic rings. The van der Waals surface area contributed by atoms with E-state index in [1.54, 1.807) is 6.08 Å². The number of ketones is 1. The fourth-order valence-electron chi connectivity index (χ4n) is 0.468. The molecule has 0 saturated carbocycles. The van der Waals surface area contributed by atoms with Crippen LogP contribution in [0.25, 0.3) is 0 Å². The van der Waals surface area contributed by atoms with Crippen LogP contribution in [-0.4, -0.2) is 18.9 Å². The van der Waals surface area contributed by atoms with E-state index in [1.165, 1.54) is 6.08 Å². The molecule has 1 aliphatic heterocycles. The standard InChI is InChI=1S/C5H7NO2/c7-5-2-1-3-6-8-4-5/h1-2,6H,3-4H2. The quantitative estimate of drug-likeness (QED) is 0.466. The minimum absolute atomic E-state index is 0.00926. The Bertz CT molecular complexity index is 120. The Morgan fingerprint density at radius 2 is 2.62 bits per heavy atom. The van der Waals surface area contributed by atoms with Crippen molar-refractivity contribution < 1.29 is 9.63 Å². The highest BCUT2D eigenvalue weighted by Crippen LogP contribution is 1.82. The number of rotatable bonds is 0.